The molecular formula is C24H29N5O5. The third kappa shape index (κ3) is 6.48. The molecule has 2 atom stereocenters. The van der Waals surface area contributed by atoms with Gasteiger partial charge >= 0.3 is 12.1 Å². The van der Waals surface area contributed by atoms with Gasteiger partial charge in [0.05, 0.1) is 24.9 Å². The maximum atomic E-state index is 12.5. The van der Waals surface area contributed by atoms with Crippen LogP contribution in [0.25, 0.3) is 11.3 Å². The molecule has 180 valence electrons. The standard InChI is InChI=1S/C24H29N5O5/c1-4-19(12-25)34-24(31)27-15(2)16-6-5-7-17(10-16)28-23(30)29-18-8-9-20(21(11-18)32-3)22-13-26-14-33-22/h5-11,13-15,19H,4,12,25H2,1-3H3,(H,27,31)(H2,28,29,30)/t15-,19?/m0/s1. The van der Waals surface area contributed by atoms with Gasteiger partial charge in [0.1, 0.15) is 11.9 Å². The first kappa shape index (κ1) is 24.6. The highest BCUT2D eigenvalue weighted by Gasteiger charge is 2.15. The maximum Gasteiger partial charge on any atom is 0.407 e. The van der Waals surface area contributed by atoms with Gasteiger partial charge in [-0.1, -0.05) is 19.1 Å². The first-order chi connectivity index (χ1) is 16.4. The molecule has 0 saturated heterocycles. The molecule has 0 aliphatic heterocycles. The number of benzene rings is 2. The van der Waals surface area contributed by atoms with Gasteiger partial charge in [0.15, 0.2) is 12.2 Å². The van der Waals surface area contributed by atoms with E-state index in [0.29, 0.717) is 29.3 Å². The van der Waals surface area contributed by atoms with E-state index >= 15 is 0 Å². The summed E-state index contributed by atoms with van der Waals surface area (Å²) in [7, 11) is 1.54. The lowest BCUT2D eigenvalue weighted by atomic mass is 10.1. The van der Waals surface area contributed by atoms with Crippen LogP contribution >= 0.6 is 0 Å². The first-order valence-corrected chi connectivity index (χ1v) is 10.9. The fraction of sp³-hybridized carbons (Fsp3) is 0.292. The lowest BCUT2D eigenvalue weighted by molar-refractivity contribution is 0.0968. The summed E-state index contributed by atoms with van der Waals surface area (Å²) in [6.07, 6.45) is 2.70. The molecule has 2 aromatic carbocycles. The molecule has 0 aliphatic rings. The van der Waals surface area contributed by atoms with Gasteiger partial charge in [0.2, 0.25) is 0 Å². The number of aromatic nitrogens is 1. The van der Waals surface area contributed by atoms with Gasteiger partial charge < -0.3 is 35.6 Å². The Morgan fingerprint density at radius 3 is 2.56 bits per heavy atom. The summed E-state index contributed by atoms with van der Waals surface area (Å²) < 4.78 is 16.0. The normalized spacial score (nSPS) is 12.4. The summed E-state index contributed by atoms with van der Waals surface area (Å²) in [5.74, 6) is 1.09. The summed E-state index contributed by atoms with van der Waals surface area (Å²) >= 11 is 0. The van der Waals surface area contributed by atoms with Crippen LogP contribution in [-0.2, 0) is 4.74 Å². The maximum absolute atomic E-state index is 12.5. The third-order valence-corrected chi connectivity index (χ3v) is 5.13. The Hall–Kier alpha value is -4.05. The minimum atomic E-state index is -0.538. The van der Waals surface area contributed by atoms with Crippen molar-refractivity contribution >= 4 is 23.5 Å². The number of hydrogen-bond donors (Lipinski definition) is 4. The Morgan fingerprint density at radius 2 is 1.91 bits per heavy atom. The summed E-state index contributed by atoms with van der Waals surface area (Å²) in [6.45, 7) is 3.99. The second kappa shape index (κ2) is 11.7. The fourth-order valence-corrected chi connectivity index (χ4v) is 3.24. The van der Waals surface area contributed by atoms with Crippen molar-refractivity contribution in [1.29, 1.82) is 0 Å². The van der Waals surface area contributed by atoms with E-state index in [0.717, 1.165) is 11.1 Å². The van der Waals surface area contributed by atoms with Gasteiger partial charge in [0.25, 0.3) is 0 Å². The van der Waals surface area contributed by atoms with Crippen molar-refractivity contribution in [2.24, 2.45) is 5.73 Å². The number of nitrogens with zero attached hydrogens (tertiary/aromatic N) is 1. The molecule has 0 spiro atoms. The molecule has 34 heavy (non-hydrogen) atoms. The summed E-state index contributed by atoms with van der Waals surface area (Å²) in [5, 5.41) is 8.34. The lowest BCUT2D eigenvalue weighted by Crippen LogP contribution is -2.34. The van der Waals surface area contributed by atoms with Gasteiger partial charge in [-0.05, 0) is 43.2 Å². The number of hydrogen-bond acceptors (Lipinski definition) is 7. The predicted octanol–water partition coefficient (Wildman–Crippen LogP) is 4.52. The van der Waals surface area contributed by atoms with Crippen molar-refractivity contribution in [3.63, 3.8) is 0 Å². The van der Waals surface area contributed by atoms with E-state index in [2.05, 4.69) is 20.9 Å². The predicted molar refractivity (Wildman–Crippen MR) is 129 cm³/mol. The fourth-order valence-electron chi connectivity index (χ4n) is 3.24. The van der Waals surface area contributed by atoms with E-state index in [-0.39, 0.29) is 18.7 Å². The van der Waals surface area contributed by atoms with Crippen LogP contribution in [0, 0.1) is 0 Å². The number of anilines is 2. The van der Waals surface area contributed by atoms with Crippen LogP contribution in [0.4, 0.5) is 21.0 Å². The van der Waals surface area contributed by atoms with Crippen LogP contribution in [0.5, 0.6) is 5.75 Å². The minimum absolute atomic E-state index is 0.265. The quantitative estimate of drug-likeness (QED) is 0.363. The van der Waals surface area contributed by atoms with Crippen LogP contribution in [0.3, 0.4) is 0 Å². The number of oxazole rings is 1. The van der Waals surface area contributed by atoms with Crippen molar-refractivity contribution < 1.29 is 23.5 Å². The molecule has 10 nitrogen and oxygen atoms in total. The van der Waals surface area contributed by atoms with Crippen LogP contribution in [0.1, 0.15) is 31.9 Å². The number of ether oxygens (including phenoxy) is 2. The van der Waals surface area contributed by atoms with Crippen molar-refractivity contribution in [3.05, 3.63) is 60.6 Å². The summed E-state index contributed by atoms with van der Waals surface area (Å²) in [5.41, 5.74) is 8.20. The van der Waals surface area contributed by atoms with Crippen LogP contribution in [-0.4, -0.2) is 36.9 Å². The monoisotopic (exact) mass is 467 g/mol. The van der Waals surface area contributed by atoms with Gasteiger partial charge in [0, 0.05) is 24.0 Å². The van der Waals surface area contributed by atoms with Gasteiger partial charge in [-0.3, -0.25) is 0 Å². The molecule has 3 aromatic rings. The Bertz CT molecular complexity index is 1100. The van der Waals surface area contributed by atoms with Crippen LogP contribution in [0.2, 0.25) is 0 Å². The molecule has 1 heterocycles. The van der Waals surface area contributed by atoms with Crippen LogP contribution in [0.15, 0.2) is 59.5 Å². The molecule has 0 radical (unpaired) electrons. The van der Waals surface area contributed by atoms with Gasteiger partial charge in [-0.2, -0.15) is 0 Å². The zero-order valence-electron chi connectivity index (χ0n) is 19.3. The van der Waals surface area contributed by atoms with E-state index in [9.17, 15) is 9.59 Å². The highest BCUT2D eigenvalue weighted by atomic mass is 16.6. The Kier molecular flexibility index (Phi) is 8.47. The third-order valence-electron chi connectivity index (χ3n) is 5.13. The molecule has 0 aliphatic carbocycles. The van der Waals surface area contributed by atoms with E-state index in [4.69, 9.17) is 19.6 Å². The highest BCUT2D eigenvalue weighted by molar-refractivity contribution is 6.00. The molecule has 0 fully saturated rings. The zero-order chi connectivity index (χ0) is 24.5. The smallest absolute Gasteiger partial charge is 0.407 e. The van der Waals surface area contributed by atoms with Crippen molar-refractivity contribution in [3.8, 4) is 17.1 Å². The van der Waals surface area contributed by atoms with Crippen molar-refractivity contribution in [1.82, 2.24) is 10.3 Å². The molecule has 3 amide bonds. The van der Waals surface area contributed by atoms with Crippen LogP contribution < -0.4 is 26.4 Å². The number of carbonyl (C=O) groups is 2. The highest BCUT2D eigenvalue weighted by Crippen LogP contribution is 2.32. The molecule has 1 aromatic heterocycles. The average molecular weight is 468 g/mol. The number of nitrogens with two attached hydrogens (primary N) is 1. The second-order valence-electron chi connectivity index (χ2n) is 7.52. The molecule has 5 N–H and O–H groups in total. The molecule has 10 heteroatoms. The second-order valence-corrected chi connectivity index (χ2v) is 7.52. The number of alkyl carbamates (subject to hydrolysis) is 1. The Balaban J connectivity index is 1.61. The van der Waals surface area contributed by atoms with E-state index < -0.39 is 12.1 Å². The number of amides is 3. The lowest BCUT2D eigenvalue weighted by Gasteiger charge is -2.19. The molecule has 0 bridgehead atoms. The van der Waals surface area contributed by atoms with E-state index in [1.54, 1.807) is 42.6 Å². The molecular weight excluding hydrogens is 438 g/mol. The molecule has 1 unspecified atom stereocenters. The number of nitrogens with one attached hydrogen (secondary N) is 3. The Morgan fingerprint density at radius 1 is 1.15 bits per heavy atom. The molecule has 3 rings (SSSR count). The first-order valence-electron chi connectivity index (χ1n) is 10.9. The van der Waals surface area contributed by atoms with E-state index in [1.807, 2.05) is 19.9 Å². The average Bonchev–Trinajstić information content (AvgIpc) is 3.37. The number of rotatable bonds is 9. The zero-order valence-corrected chi connectivity index (χ0v) is 19.3. The summed E-state index contributed by atoms with van der Waals surface area (Å²) in [4.78, 5) is 28.5. The minimum Gasteiger partial charge on any atom is -0.496 e. The SMILES string of the molecule is CCC(CN)OC(=O)N[C@@H](C)c1cccc(NC(=O)Nc2ccc(-c3cnco3)c(OC)c2)c1. The van der Waals surface area contributed by atoms with Gasteiger partial charge in [-0.25, -0.2) is 14.6 Å². The summed E-state index contributed by atoms with van der Waals surface area (Å²) in [6, 6.07) is 11.6. The number of methoxy groups -OCH3 is 1. The van der Waals surface area contributed by atoms with E-state index in [1.165, 1.54) is 13.5 Å². The number of urea groups is 1. The van der Waals surface area contributed by atoms with Crippen molar-refractivity contribution in [2.75, 3.05) is 24.3 Å². The number of carbonyl (C=O) groups excluding carboxylic acids is 2. The molecule has 0 saturated carbocycles. The van der Waals surface area contributed by atoms with Gasteiger partial charge in [-0.15, -0.1) is 0 Å². The topological polar surface area (TPSA) is 141 Å². The Labute approximate surface area is 197 Å². The largest absolute Gasteiger partial charge is 0.496 e. The van der Waals surface area contributed by atoms with Crippen molar-refractivity contribution in [2.45, 2.75) is 32.4 Å².